The molecule has 4 nitrogen and oxygen atoms in total. The van der Waals surface area contributed by atoms with Gasteiger partial charge in [0.1, 0.15) is 0 Å². The lowest BCUT2D eigenvalue weighted by Crippen LogP contribution is -2.13. The van der Waals surface area contributed by atoms with Crippen LogP contribution in [-0.2, 0) is 13.0 Å². The highest BCUT2D eigenvalue weighted by Crippen LogP contribution is 2.05. The van der Waals surface area contributed by atoms with Crippen LogP contribution in [0.5, 0.6) is 0 Å². The number of nitrogens with one attached hydrogen (secondary N) is 2. The van der Waals surface area contributed by atoms with E-state index in [1.165, 1.54) is 11.6 Å². The fourth-order valence-electron chi connectivity index (χ4n) is 1.66. The Labute approximate surface area is 106 Å². The zero-order valence-corrected chi connectivity index (χ0v) is 10.7. The van der Waals surface area contributed by atoms with E-state index in [-0.39, 0.29) is 5.56 Å². The number of hydrogen-bond acceptors (Lipinski definition) is 3. The van der Waals surface area contributed by atoms with E-state index >= 15 is 0 Å². The van der Waals surface area contributed by atoms with Crippen molar-refractivity contribution in [2.45, 2.75) is 26.8 Å². The molecule has 1 aromatic heterocycles. The highest BCUT2D eigenvalue weighted by atomic mass is 16.1. The van der Waals surface area contributed by atoms with Crippen molar-refractivity contribution in [1.82, 2.24) is 9.97 Å². The molecule has 2 aromatic rings. The summed E-state index contributed by atoms with van der Waals surface area (Å²) in [6, 6.07) is 9.77. The second-order valence-corrected chi connectivity index (χ2v) is 4.28. The van der Waals surface area contributed by atoms with Crippen molar-refractivity contribution in [2.75, 3.05) is 5.32 Å². The van der Waals surface area contributed by atoms with Crippen LogP contribution in [0.1, 0.15) is 23.7 Å². The van der Waals surface area contributed by atoms with Crippen molar-refractivity contribution in [3.63, 3.8) is 0 Å². The minimum Gasteiger partial charge on any atom is -0.352 e. The van der Waals surface area contributed by atoms with Crippen LogP contribution in [0.4, 0.5) is 5.95 Å². The zero-order chi connectivity index (χ0) is 13.0. The second kappa shape index (κ2) is 5.49. The predicted molar refractivity (Wildman–Crippen MR) is 72.7 cm³/mol. The Morgan fingerprint density at radius 1 is 1.28 bits per heavy atom. The van der Waals surface area contributed by atoms with Crippen molar-refractivity contribution in [2.24, 2.45) is 0 Å². The van der Waals surface area contributed by atoms with Gasteiger partial charge < -0.3 is 5.32 Å². The molecule has 0 fully saturated rings. The summed E-state index contributed by atoms with van der Waals surface area (Å²) >= 11 is 0. The van der Waals surface area contributed by atoms with Crippen LogP contribution in [0.2, 0.25) is 0 Å². The fourth-order valence-corrected chi connectivity index (χ4v) is 1.66. The molecule has 0 atom stereocenters. The van der Waals surface area contributed by atoms with Crippen molar-refractivity contribution >= 4 is 5.95 Å². The van der Waals surface area contributed by atoms with Gasteiger partial charge in [0.25, 0.3) is 5.56 Å². The Hall–Kier alpha value is -2.10. The second-order valence-electron chi connectivity index (χ2n) is 4.28. The van der Waals surface area contributed by atoms with Crippen molar-refractivity contribution in [3.05, 3.63) is 57.5 Å². The zero-order valence-electron chi connectivity index (χ0n) is 10.7. The molecule has 0 aliphatic carbocycles. The Morgan fingerprint density at radius 3 is 2.67 bits per heavy atom. The van der Waals surface area contributed by atoms with Gasteiger partial charge in [0.15, 0.2) is 0 Å². The van der Waals surface area contributed by atoms with E-state index in [2.05, 4.69) is 46.5 Å². The molecule has 0 aliphatic rings. The van der Waals surface area contributed by atoms with Gasteiger partial charge in [-0.15, -0.1) is 0 Å². The molecule has 2 rings (SSSR count). The highest BCUT2D eigenvalue weighted by Gasteiger charge is 1.99. The van der Waals surface area contributed by atoms with Gasteiger partial charge in [0.05, 0.1) is 0 Å². The van der Waals surface area contributed by atoms with Gasteiger partial charge in [-0.25, -0.2) is 4.98 Å². The molecule has 0 saturated carbocycles. The summed E-state index contributed by atoms with van der Waals surface area (Å²) in [5.74, 6) is 0.528. The number of aryl methyl sites for hydroxylation is 2. The minimum absolute atomic E-state index is 0.117. The van der Waals surface area contributed by atoms with Crippen LogP contribution in [0.15, 0.2) is 35.1 Å². The Kier molecular flexibility index (Phi) is 3.77. The Bertz CT molecular complexity index is 572. The van der Waals surface area contributed by atoms with Crippen LogP contribution >= 0.6 is 0 Å². The molecule has 0 unspecified atom stereocenters. The van der Waals surface area contributed by atoms with Crippen molar-refractivity contribution in [3.8, 4) is 0 Å². The molecule has 94 valence electrons. The number of aromatic amines is 1. The third kappa shape index (κ3) is 3.20. The van der Waals surface area contributed by atoms with E-state index in [9.17, 15) is 4.79 Å². The predicted octanol–water partition coefficient (Wildman–Crippen LogP) is 2.25. The van der Waals surface area contributed by atoms with Gasteiger partial charge in [-0.1, -0.05) is 36.8 Å². The van der Waals surface area contributed by atoms with Crippen molar-refractivity contribution in [1.29, 1.82) is 0 Å². The number of benzene rings is 1. The van der Waals surface area contributed by atoms with Gasteiger partial charge in [0, 0.05) is 18.3 Å². The van der Waals surface area contributed by atoms with Crippen LogP contribution in [0.3, 0.4) is 0 Å². The number of nitrogens with zero attached hydrogens (tertiary/aromatic N) is 1. The first kappa shape index (κ1) is 12.4. The molecule has 0 bridgehead atoms. The molecule has 4 heteroatoms. The quantitative estimate of drug-likeness (QED) is 0.866. The van der Waals surface area contributed by atoms with Gasteiger partial charge in [0.2, 0.25) is 5.95 Å². The molecule has 1 heterocycles. The van der Waals surface area contributed by atoms with E-state index in [1.54, 1.807) is 0 Å². The third-order valence-corrected chi connectivity index (χ3v) is 2.74. The molecule has 0 radical (unpaired) electrons. The first-order chi connectivity index (χ1) is 8.67. The lowest BCUT2D eigenvalue weighted by Gasteiger charge is -2.06. The number of hydrogen-bond donors (Lipinski definition) is 2. The summed E-state index contributed by atoms with van der Waals surface area (Å²) in [6.45, 7) is 4.68. The van der Waals surface area contributed by atoms with Gasteiger partial charge in [-0.3, -0.25) is 9.78 Å². The summed E-state index contributed by atoms with van der Waals surface area (Å²) in [5, 5.41) is 3.13. The maximum atomic E-state index is 11.4. The number of aromatic nitrogens is 2. The first-order valence-electron chi connectivity index (χ1n) is 6.07. The first-order valence-corrected chi connectivity index (χ1v) is 6.07. The van der Waals surface area contributed by atoms with E-state index < -0.39 is 0 Å². The molecule has 0 saturated heterocycles. The van der Waals surface area contributed by atoms with Crippen LogP contribution in [-0.4, -0.2) is 9.97 Å². The Morgan fingerprint density at radius 2 is 2.00 bits per heavy atom. The smallest absolute Gasteiger partial charge is 0.252 e. The summed E-state index contributed by atoms with van der Waals surface area (Å²) < 4.78 is 0. The number of rotatable bonds is 4. The standard InChI is InChI=1S/C14H17N3O/c1-3-12-8-13(18)17-14(16-12)15-9-11-6-4-10(2)5-7-11/h4-8H,3,9H2,1-2H3,(H2,15,16,17,18). The maximum absolute atomic E-state index is 11.4. The molecule has 18 heavy (non-hydrogen) atoms. The third-order valence-electron chi connectivity index (χ3n) is 2.74. The summed E-state index contributed by atoms with van der Waals surface area (Å²) in [4.78, 5) is 18.4. The van der Waals surface area contributed by atoms with Gasteiger partial charge in [-0.05, 0) is 18.9 Å². The molecule has 0 amide bonds. The van der Waals surface area contributed by atoms with Crippen LogP contribution < -0.4 is 10.9 Å². The van der Waals surface area contributed by atoms with E-state index in [0.29, 0.717) is 12.5 Å². The van der Waals surface area contributed by atoms with E-state index in [4.69, 9.17) is 0 Å². The minimum atomic E-state index is -0.117. The summed E-state index contributed by atoms with van der Waals surface area (Å²) in [6.07, 6.45) is 0.753. The maximum Gasteiger partial charge on any atom is 0.252 e. The number of H-pyrrole nitrogens is 1. The molecular weight excluding hydrogens is 226 g/mol. The highest BCUT2D eigenvalue weighted by molar-refractivity contribution is 5.29. The lowest BCUT2D eigenvalue weighted by molar-refractivity contribution is 0.958. The lowest BCUT2D eigenvalue weighted by atomic mass is 10.1. The number of anilines is 1. The van der Waals surface area contributed by atoms with E-state index in [1.807, 2.05) is 6.92 Å². The van der Waals surface area contributed by atoms with E-state index in [0.717, 1.165) is 17.7 Å². The SMILES string of the molecule is CCc1cc(=O)[nH]c(NCc2ccc(C)cc2)n1. The van der Waals surface area contributed by atoms with Crippen LogP contribution in [0.25, 0.3) is 0 Å². The average Bonchev–Trinajstić information content (AvgIpc) is 2.37. The largest absolute Gasteiger partial charge is 0.352 e. The topological polar surface area (TPSA) is 57.8 Å². The summed E-state index contributed by atoms with van der Waals surface area (Å²) in [5.41, 5.74) is 3.07. The normalized spacial score (nSPS) is 10.3. The molecule has 1 aromatic carbocycles. The van der Waals surface area contributed by atoms with Gasteiger partial charge >= 0.3 is 0 Å². The Balaban J connectivity index is 2.08. The van der Waals surface area contributed by atoms with Gasteiger partial charge in [-0.2, -0.15) is 0 Å². The average molecular weight is 243 g/mol. The molecule has 0 spiro atoms. The van der Waals surface area contributed by atoms with Crippen molar-refractivity contribution < 1.29 is 0 Å². The molecular formula is C14H17N3O. The molecule has 0 aliphatic heterocycles. The summed E-state index contributed by atoms with van der Waals surface area (Å²) in [7, 11) is 0. The van der Waals surface area contributed by atoms with Crippen LogP contribution in [0, 0.1) is 6.92 Å². The molecule has 2 N–H and O–H groups in total. The fraction of sp³-hybridized carbons (Fsp3) is 0.286. The monoisotopic (exact) mass is 243 g/mol.